The zero-order chi connectivity index (χ0) is 25.2. The van der Waals surface area contributed by atoms with Crippen molar-refractivity contribution >= 4 is 15.7 Å². The van der Waals surface area contributed by atoms with Crippen molar-refractivity contribution in [3.63, 3.8) is 0 Å². The second-order valence-corrected chi connectivity index (χ2v) is 13.3. The lowest BCUT2D eigenvalue weighted by molar-refractivity contribution is -0.138. The minimum Gasteiger partial charge on any atom is -0.497 e. The van der Waals surface area contributed by atoms with E-state index in [1.807, 2.05) is 4.90 Å². The van der Waals surface area contributed by atoms with Gasteiger partial charge in [-0.3, -0.25) is 9.69 Å². The van der Waals surface area contributed by atoms with Crippen LogP contribution in [0.1, 0.15) is 63.0 Å². The number of piperidine rings is 1. The van der Waals surface area contributed by atoms with Crippen LogP contribution in [0.2, 0.25) is 0 Å². The fraction of sp³-hybridized carbons (Fsp3) is 0.741. The Balaban J connectivity index is 1.20. The van der Waals surface area contributed by atoms with E-state index in [0.29, 0.717) is 33.6 Å². The maximum absolute atomic E-state index is 13.2. The summed E-state index contributed by atoms with van der Waals surface area (Å²) in [6.45, 7) is 9.61. The van der Waals surface area contributed by atoms with Gasteiger partial charge in [0.15, 0.2) is 9.84 Å². The molecule has 1 aromatic rings. The zero-order valence-electron chi connectivity index (χ0n) is 21.8. The quantitative estimate of drug-likeness (QED) is 0.475. The molecule has 0 N–H and O–H groups in total. The molecular weight excluding hydrogens is 464 g/mol. The van der Waals surface area contributed by atoms with Gasteiger partial charge in [-0.15, -0.1) is 0 Å². The number of methoxy groups -OCH3 is 1. The molecule has 8 heteroatoms. The van der Waals surface area contributed by atoms with E-state index in [0.717, 1.165) is 32.0 Å². The normalized spacial score (nSPS) is 21.8. The van der Waals surface area contributed by atoms with E-state index >= 15 is 0 Å². The fourth-order valence-corrected chi connectivity index (χ4v) is 7.83. The highest BCUT2D eigenvalue weighted by Crippen LogP contribution is 2.43. The molecule has 2 aliphatic heterocycles. The molecule has 3 fully saturated rings. The van der Waals surface area contributed by atoms with Gasteiger partial charge >= 0.3 is 0 Å². The van der Waals surface area contributed by atoms with Crippen LogP contribution in [0.5, 0.6) is 5.75 Å². The summed E-state index contributed by atoms with van der Waals surface area (Å²) in [7, 11) is -1.93. The smallest absolute Gasteiger partial charge is 0.248 e. The summed E-state index contributed by atoms with van der Waals surface area (Å²) in [4.78, 5) is 17.7. The largest absolute Gasteiger partial charge is 0.497 e. The number of carbonyl (C=O) groups excluding carboxylic acids is 1. The van der Waals surface area contributed by atoms with Gasteiger partial charge in [0.1, 0.15) is 12.4 Å². The molecule has 2 heterocycles. The Hall–Kier alpha value is -1.64. The molecule has 0 radical (unpaired) electrons. The van der Waals surface area contributed by atoms with Crippen molar-refractivity contribution in [3.05, 3.63) is 23.3 Å². The lowest BCUT2D eigenvalue weighted by Gasteiger charge is -2.41. The number of likely N-dealkylation sites (tertiary alicyclic amines) is 2. The number of hydrogen-bond donors (Lipinski definition) is 0. The van der Waals surface area contributed by atoms with E-state index in [9.17, 15) is 13.2 Å². The van der Waals surface area contributed by atoms with E-state index in [2.05, 4.69) is 4.90 Å². The first-order chi connectivity index (χ1) is 16.6. The number of sulfone groups is 1. The zero-order valence-corrected chi connectivity index (χ0v) is 22.7. The van der Waals surface area contributed by atoms with Crippen molar-refractivity contribution in [1.29, 1.82) is 0 Å². The van der Waals surface area contributed by atoms with Gasteiger partial charge in [-0.1, -0.05) is 6.42 Å². The highest BCUT2D eigenvalue weighted by molar-refractivity contribution is 7.92. The van der Waals surface area contributed by atoms with Gasteiger partial charge in [0.05, 0.1) is 17.3 Å². The lowest BCUT2D eigenvalue weighted by Crippen LogP contribution is -2.46. The number of benzene rings is 1. The molecule has 1 aliphatic carbocycles. The first kappa shape index (κ1) is 26.4. The van der Waals surface area contributed by atoms with Gasteiger partial charge < -0.3 is 14.4 Å². The van der Waals surface area contributed by atoms with Gasteiger partial charge in [-0.05, 0) is 94.5 Å². The van der Waals surface area contributed by atoms with Crippen molar-refractivity contribution in [1.82, 2.24) is 9.80 Å². The molecule has 1 saturated carbocycles. The standard InChI is InChI=1S/C27H42N2O5S/c1-20-16-24(33-4)17-21(2)26(20)35(31,32)22(3)8-15-34-18-25(30)28-12-9-27(10-13-28)11-14-29(19-27)23-6-5-7-23/h16-17,22-23H,5-15,18-19H2,1-4H3. The van der Waals surface area contributed by atoms with Crippen LogP contribution < -0.4 is 4.74 Å². The maximum atomic E-state index is 13.2. The van der Waals surface area contributed by atoms with Crippen LogP contribution in [-0.4, -0.2) is 81.9 Å². The minimum atomic E-state index is -3.50. The van der Waals surface area contributed by atoms with E-state index in [1.54, 1.807) is 40.0 Å². The highest BCUT2D eigenvalue weighted by atomic mass is 32.2. The van der Waals surface area contributed by atoms with Crippen LogP contribution in [-0.2, 0) is 19.4 Å². The first-order valence-electron chi connectivity index (χ1n) is 13.1. The first-order valence-corrected chi connectivity index (χ1v) is 14.7. The van der Waals surface area contributed by atoms with Gasteiger partial charge in [0, 0.05) is 32.3 Å². The van der Waals surface area contributed by atoms with Gasteiger partial charge in [-0.25, -0.2) is 8.42 Å². The Morgan fingerprint density at radius 1 is 1.11 bits per heavy atom. The van der Waals surface area contributed by atoms with Crippen molar-refractivity contribution in [3.8, 4) is 5.75 Å². The van der Waals surface area contributed by atoms with Crippen LogP contribution in [0, 0.1) is 19.3 Å². The molecule has 7 nitrogen and oxygen atoms in total. The molecule has 0 aromatic heterocycles. The van der Waals surface area contributed by atoms with Crippen LogP contribution in [0.25, 0.3) is 0 Å². The second-order valence-electron chi connectivity index (χ2n) is 11.0. The molecule has 1 spiro atoms. The number of hydrogen-bond acceptors (Lipinski definition) is 6. The summed E-state index contributed by atoms with van der Waals surface area (Å²) < 4.78 is 37.3. The molecule has 2 saturated heterocycles. The summed E-state index contributed by atoms with van der Waals surface area (Å²) >= 11 is 0. The van der Waals surface area contributed by atoms with Gasteiger partial charge in [0.2, 0.25) is 5.91 Å². The summed E-state index contributed by atoms with van der Waals surface area (Å²) in [5.41, 5.74) is 1.77. The number of ether oxygens (including phenoxy) is 2. The lowest BCUT2D eigenvalue weighted by atomic mass is 9.77. The molecule has 0 bridgehead atoms. The third-order valence-corrected chi connectivity index (χ3v) is 11.1. The van der Waals surface area contributed by atoms with Crippen molar-refractivity contribution in [2.75, 3.05) is 46.5 Å². The summed E-state index contributed by atoms with van der Waals surface area (Å²) in [6, 6.07) is 4.31. The molecule has 3 aliphatic rings. The number of amides is 1. The second kappa shape index (κ2) is 10.8. The number of aryl methyl sites for hydroxylation is 2. The fourth-order valence-electron chi connectivity index (χ4n) is 6.01. The minimum absolute atomic E-state index is 0.0195. The molecule has 1 atom stereocenters. The van der Waals surface area contributed by atoms with E-state index in [-0.39, 0.29) is 19.1 Å². The molecular formula is C27H42N2O5S. The maximum Gasteiger partial charge on any atom is 0.248 e. The third-order valence-electron chi connectivity index (χ3n) is 8.61. The molecule has 4 rings (SSSR count). The number of nitrogens with zero attached hydrogens (tertiary/aromatic N) is 2. The third kappa shape index (κ3) is 5.70. The van der Waals surface area contributed by atoms with Crippen molar-refractivity contribution in [2.45, 2.75) is 81.9 Å². The van der Waals surface area contributed by atoms with Crippen LogP contribution >= 0.6 is 0 Å². The van der Waals surface area contributed by atoms with Crippen LogP contribution in [0.15, 0.2) is 17.0 Å². The van der Waals surface area contributed by atoms with Gasteiger partial charge in [-0.2, -0.15) is 0 Å². The van der Waals surface area contributed by atoms with E-state index in [4.69, 9.17) is 9.47 Å². The monoisotopic (exact) mass is 506 g/mol. The van der Waals surface area contributed by atoms with Crippen LogP contribution in [0.4, 0.5) is 0 Å². The predicted molar refractivity (Wildman–Crippen MR) is 137 cm³/mol. The Kier molecular flexibility index (Phi) is 8.13. The van der Waals surface area contributed by atoms with Gasteiger partial charge in [0.25, 0.3) is 0 Å². The number of carbonyl (C=O) groups is 1. The predicted octanol–water partition coefficient (Wildman–Crippen LogP) is 3.75. The Labute approximate surface area is 211 Å². The molecule has 196 valence electrons. The average Bonchev–Trinajstić information content (AvgIpc) is 3.17. The summed E-state index contributed by atoms with van der Waals surface area (Å²) in [5.74, 6) is 0.673. The molecule has 1 aromatic carbocycles. The molecule has 1 amide bonds. The highest BCUT2D eigenvalue weighted by Gasteiger charge is 2.43. The van der Waals surface area contributed by atoms with Crippen LogP contribution in [0.3, 0.4) is 0 Å². The van der Waals surface area contributed by atoms with Crippen molar-refractivity contribution < 1.29 is 22.7 Å². The number of rotatable bonds is 9. The van der Waals surface area contributed by atoms with E-state index < -0.39 is 15.1 Å². The summed E-state index contributed by atoms with van der Waals surface area (Å²) in [5, 5.41) is -0.598. The van der Waals surface area contributed by atoms with E-state index in [1.165, 1.54) is 38.8 Å². The van der Waals surface area contributed by atoms with Crippen molar-refractivity contribution in [2.24, 2.45) is 5.41 Å². The Morgan fingerprint density at radius 2 is 1.74 bits per heavy atom. The topological polar surface area (TPSA) is 76.2 Å². The Bertz CT molecular complexity index is 989. The molecule has 1 unspecified atom stereocenters. The SMILES string of the molecule is COc1cc(C)c(S(=O)(=O)C(C)CCOCC(=O)N2CCC3(CC2)CCN(C2CCC2)C3)c(C)c1. The molecule has 35 heavy (non-hydrogen) atoms. The average molecular weight is 507 g/mol. The summed E-state index contributed by atoms with van der Waals surface area (Å²) in [6.07, 6.45) is 7.87. The Morgan fingerprint density at radius 3 is 2.31 bits per heavy atom.